The van der Waals surface area contributed by atoms with Crippen molar-refractivity contribution >= 4 is 5.97 Å². The van der Waals surface area contributed by atoms with E-state index in [0.29, 0.717) is 11.5 Å². The van der Waals surface area contributed by atoms with Crippen molar-refractivity contribution < 1.29 is 13.9 Å². The number of hydrogen-bond donors (Lipinski definition) is 0. The molecule has 2 aromatic rings. The molecule has 2 spiro atoms. The van der Waals surface area contributed by atoms with Crippen molar-refractivity contribution in [3.8, 4) is 11.8 Å². The summed E-state index contributed by atoms with van der Waals surface area (Å²) in [7, 11) is 0. The Bertz CT molecular complexity index is 1150. The third-order valence-electron chi connectivity index (χ3n) is 9.66. The highest BCUT2D eigenvalue weighted by Crippen LogP contribution is 3.10. The molecular weight excluding hydrogens is 389 g/mol. The number of esters is 1. The highest BCUT2D eigenvalue weighted by atomic mass is 19.1. The molecule has 0 bridgehead atoms. The first-order chi connectivity index (χ1) is 15.0. The minimum atomic E-state index is -0.689. The van der Waals surface area contributed by atoms with E-state index in [2.05, 4.69) is 6.92 Å². The first-order valence-electron chi connectivity index (χ1n) is 11.5. The SMILES string of the molecule is CC1C2C1C21C2C1C21CCC(c2ccc(C(=O)Oc3ccc(C#N)c(F)c3)cc2)CC1. The molecule has 156 valence electrons. The van der Waals surface area contributed by atoms with Gasteiger partial charge in [-0.15, -0.1) is 0 Å². The van der Waals surface area contributed by atoms with Gasteiger partial charge in [0.25, 0.3) is 0 Å². The highest BCUT2D eigenvalue weighted by molar-refractivity contribution is 5.91. The molecule has 7 rings (SSSR count). The first kappa shape index (κ1) is 18.0. The molecule has 5 saturated carbocycles. The Labute approximate surface area is 181 Å². The van der Waals surface area contributed by atoms with E-state index in [-0.39, 0.29) is 11.3 Å². The molecule has 5 aliphatic rings. The predicted octanol–water partition coefficient (Wildman–Crippen LogP) is 5.70. The van der Waals surface area contributed by atoms with Gasteiger partial charge in [-0.05, 0) is 102 Å². The van der Waals surface area contributed by atoms with Gasteiger partial charge >= 0.3 is 5.97 Å². The number of nitrogens with zero attached hydrogens (tertiary/aromatic N) is 1. The summed E-state index contributed by atoms with van der Waals surface area (Å²) in [5, 5.41) is 8.80. The molecule has 0 aromatic heterocycles. The molecule has 4 unspecified atom stereocenters. The number of carbonyl (C=O) groups excluding carboxylic acids is 1. The topological polar surface area (TPSA) is 50.1 Å². The van der Waals surface area contributed by atoms with Crippen molar-refractivity contribution in [2.75, 3.05) is 0 Å². The predicted molar refractivity (Wildman–Crippen MR) is 112 cm³/mol. The number of benzene rings is 2. The third kappa shape index (κ3) is 2.15. The Hall–Kier alpha value is -2.67. The molecule has 2 aromatic carbocycles. The quantitative estimate of drug-likeness (QED) is 0.479. The van der Waals surface area contributed by atoms with Gasteiger partial charge in [0.15, 0.2) is 0 Å². The van der Waals surface area contributed by atoms with E-state index < -0.39 is 11.8 Å². The summed E-state index contributed by atoms with van der Waals surface area (Å²) in [4.78, 5) is 12.4. The Balaban J connectivity index is 0.968. The van der Waals surface area contributed by atoms with Crippen LogP contribution in [0.15, 0.2) is 42.5 Å². The normalized spacial score (nSPS) is 42.4. The summed E-state index contributed by atoms with van der Waals surface area (Å²) < 4.78 is 19.0. The number of fused-ring (bicyclic) bond motifs is 8. The van der Waals surface area contributed by atoms with E-state index in [0.717, 1.165) is 46.5 Å². The van der Waals surface area contributed by atoms with Crippen molar-refractivity contribution in [1.29, 1.82) is 5.26 Å². The van der Waals surface area contributed by atoms with Crippen LogP contribution in [0.1, 0.15) is 60.0 Å². The van der Waals surface area contributed by atoms with E-state index in [1.807, 2.05) is 24.3 Å². The molecule has 0 aliphatic heterocycles. The second-order valence-corrected chi connectivity index (χ2v) is 10.6. The zero-order chi connectivity index (χ0) is 21.1. The van der Waals surface area contributed by atoms with Crippen LogP contribution in [0.25, 0.3) is 0 Å². The molecule has 0 saturated heterocycles. The van der Waals surface area contributed by atoms with Crippen LogP contribution in [0.4, 0.5) is 4.39 Å². The van der Waals surface area contributed by atoms with E-state index in [4.69, 9.17) is 10.00 Å². The summed E-state index contributed by atoms with van der Waals surface area (Å²) in [6, 6.07) is 13.3. The molecule has 4 heteroatoms. The molecule has 3 nitrogen and oxygen atoms in total. The molecule has 31 heavy (non-hydrogen) atoms. The maximum atomic E-state index is 13.7. The fourth-order valence-electron chi connectivity index (χ4n) is 8.20. The van der Waals surface area contributed by atoms with Gasteiger partial charge in [0.2, 0.25) is 0 Å². The number of hydrogen-bond acceptors (Lipinski definition) is 3. The number of rotatable bonds is 3. The smallest absolute Gasteiger partial charge is 0.343 e. The van der Waals surface area contributed by atoms with Crippen LogP contribution in [0, 0.1) is 57.6 Å². The van der Waals surface area contributed by atoms with Gasteiger partial charge < -0.3 is 4.74 Å². The summed E-state index contributed by atoms with van der Waals surface area (Å²) in [5.41, 5.74) is 3.30. The zero-order valence-corrected chi connectivity index (χ0v) is 17.5. The summed E-state index contributed by atoms with van der Waals surface area (Å²) in [6.07, 6.45) is 5.30. The number of halogens is 1. The number of nitriles is 1. The minimum Gasteiger partial charge on any atom is -0.423 e. The highest BCUT2D eigenvalue weighted by Gasteiger charge is 3.07. The van der Waals surface area contributed by atoms with Crippen LogP contribution in [-0.4, -0.2) is 5.97 Å². The van der Waals surface area contributed by atoms with E-state index >= 15 is 0 Å². The number of carbonyl (C=O) groups is 1. The van der Waals surface area contributed by atoms with Gasteiger partial charge in [-0.25, -0.2) is 9.18 Å². The molecule has 5 aliphatic carbocycles. The lowest BCUT2D eigenvalue weighted by atomic mass is 9.67. The monoisotopic (exact) mass is 413 g/mol. The Morgan fingerprint density at radius 2 is 1.77 bits per heavy atom. The lowest BCUT2D eigenvalue weighted by Crippen LogP contribution is -2.28. The van der Waals surface area contributed by atoms with Gasteiger partial charge in [0.05, 0.1) is 11.1 Å². The average Bonchev–Trinajstić information content (AvgIpc) is 3.68. The molecule has 5 fully saturated rings. The van der Waals surface area contributed by atoms with Crippen LogP contribution >= 0.6 is 0 Å². The van der Waals surface area contributed by atoms with Crippen LogP contribution in [0.5, 0.6) is 5.75 Å². The van der Waals surface area contributed by atoms with E-state index in [1.54, 1.807) is 6.07 Å². The van der Waals surface area contributed by atoms with E-state index in [9.17, 15) is 9.18 Å². The van der Waals surface area contributed by atoms with Crippen molar-refractivity contribution in [2.24, 2.45) is 40.4 Å². The second-order valence-electron chi connectivity index (χ2n) is 10.6. The standard InChI is InChI=1S/C27H24FNO2/c1-14-21-22(14)27(21)23-24(27)26(23)10-8-16(9-11-26)15-2-4-17(5-3-15)25(30)31-19-7-6-18(13-29)20(28)12-19/h2-7,12,14,16,21-24H,8-11H2,1H3. The fourth-order valence-corrected chi connectivity index (χ4v) is 8.20. The molecule has 4 atom stereocenters. The Morgan fingerprint density at radius 1 is 1.10 bits per heavy atom. The molecule has 0 amide bonds. The lowest BCUT2D eigenvalue weighted by Gasteiger charge is -2.37. The zero-order valence-electron chi connectivity index (χ0n) is 17.5. The van der Waals surface area contributed by atoms with Crippen molar-refractivity contribution in [3.05, 3.63) is 65.0 Å². The number of ether oxygens (including phenoxy) is 1. The van der Waals surface area contributed by atoms with Crippen LogP contribution in [0.3, 0.4) is 0 Å². The van der Waals surface area contributed by atoms with Gasteiger partial charge in [-0.2, -0.15) is 5.26 Å². The molecule has 0 N–H and O–H groups in total. The van der Waals surface area contributed by atoms with Crippen molar-refractivity contribution in [2.45, 2.75) is 38.5 Å². The fraction of sp³-hybridized carbons (Fsp3) is 0.481. The maximum absolute atomic E-state index is 13.7. The van der Waals surface area contributed by atoms with Crippen molar-refractivity contribution in [1.82, 2.24) is 0 Å². The lowest BCUT2D eigenvalue weighted by molar-refractivity contribution is 0.0734. The van der Waals surface area contributed by atoms with Crippen LogP contribution < -0.4 is 4.74 Å². The van der Waals surface area contributed by atoms with Gasteiger partial charge in [0.1, 0.15) is 17.6 Å². The second kappa shape index (κ2) is 5.57. The van der Waals surface area contributed by atoms with Gasteiger partial charge in [0, 0.05) is 6.07 Å². The molecular formula is C27H24FNO2. The third-order valence-corrected chi connectivity index (χ3v) is 9.66. The van der Waals surface area contributed by atoms with Crippen LogP contribution in [0.2, 0.25) is 0 Å². The van der Waals surface area contributed by atoms with Crippen molar-refractivity contribution in [3.63, 3.8) is 0 Å². The summed E-state index contributed by atoms with van der Waals surface area (Å²) in [6.45, 7) is 2.43. The largest absolute Gasteiger partial charge is 0.423 e. The average molecular weight is 413 g/mol. The minimum absolute atomic E-state index is 0.0689. The first-order valence-corrected chi connectivity index (χ1v) is 11.5. The molecule has 0 radical (unpaired) electrons. The molecule has 0 heterocycles. The Kier molecular flexibility index (Phi) is 3.23. The summed E-state index contributed by atoms with van der Waals surface area (Å²) >= 11 is 0. The Morgan fingerprint density at radius 3 is 2.35 bits per heavy atom. The van der Waals surface area contributed by atoms with E-state index in [1.165, 1.54) is 43.4 Å². The maximum Gasteiger partial charge on any atom is 0.343 e. The van der Waals surface area contributed by atoms with Crippen LogP contribution in [-0.2, 0) is 0 Å². The van der Waals surface area contributed by atoms with Gasteiger partial charge in [-0.1, -0.05) is 19.1 Å². The summed E-state index contributed by atoms with van der Waals surface area (Å²) in [5.74, 6) is 4.97. The van der Waals surface area contributed by atoms with Gasteiger partial charge in [-0.3, -0.25) is 0 Å².